The number of methoxy groups -OCH3 is 3. The van der Waals surface area contributed by atoms with Crippen LogP contribution in [-0.4, -0.2) is 53.0 Å². The summed E-state index contributed by atoms with van der Waals surface area (Å²) >= 11 is 12.4. The van der Waals surface area contributed by atoms with E-state index in [9.17, 15) is 13.2 Å². The van der Waals surface area contributed by atoms with E-state index in [1.54, 1.807) is 42.5 Å². The van der Waals surface area contributed by atoms with Gasteiger partial charge in [0.1, 0.15) is 12.3 Å². The number of aryl methyl sites for hydroxylation is 1. The first-order valence-corrected chi connectivity index (χ1v) is 15.0. The van der Waals surface area contributed by atoms with Gasteiger partial charge in [0.15, 0.2) is 11.5 Å². The molecule has 0 saturated carbocycles. The summed E-state index contributed by atoms with van der Waals surface area (Å²) in [6.45, 7) is 3.26. The van der Waals surface area contributed by atoms with E-state index >= 15 is 0 Å². The first kappa shape index (κ1) is 31.7. The fourth-order valence-corrected chi connectivity index (χ4v) is 6.44. The smallest absolute Gasteiger partial charge is 0.264 e. The summed E-state index contributed by atoms with van der Waals surface area (Å²) in [5.41, 5.74) is 5.94. The highest BCUT2D eigenvalue weighted by atomic mass is 35.5. The summed E-state index contributed by atoms with van der Waals surface area (Å²) in [6.07, 6.45) is 1.49. The van der Waals surface area contributed by atoms with Crippen molar-refractivity contribution in [2.24, 2.45) is 5.10 Å². The standard InChI is InChI=1S/C30H30Cl2N4O6S/c1-19-12-21(20(2)36(19)25-14-22(31)13-23(32)15-25)17-33-34-30(37)18-35(24-6-8-26(40-3)9-7-24)43(38,39)27-10-11-28(41-4)29(16-27)42-5/h6-17H,18H2,1-5H3,(H,34,37)/b33-17+. The summed E-state index contributed by atoms with van der Waals surface area (Å²) in [5.74, 6) is 0.456. The van der Waals surface area contributed by atoms with Crippen LogP contribution >= 0.6 is 23.2 Å². The van der Waals surface area contributed by atoms with E-state index in [2.05, 4.69) is 10.5 Å². The molecule has 1 aromatic heterocycles. The summed E-state index contributed by atoms with van der Waals surface area (Å²) in [6, 6.07) is 17.6. The molecule has 0 unspecified atom stereocenters. The highest BCUT2D eigenvalue weighted by molar-refractivity contribution is 7.92. The molecule has 43 heavy (non-hydrogen) atoms. The number of ether oxygens (including phenoxy) is 3. The minimum absolute atomic E-state index is 0.0918. The van der Waals surface area contributed by atoms with Gasteiger partial charge in [-0.3, -0.25) is 9.10 Å². The summed E-state index contributed by atoms with van der Waals surface area (Å²) in [7, 11) is 0.124. The Balaban J connectivity index is 1.60. The first-order valence-electron chi connectivity index (χ1n) is 12.8. The lowest BCUT2D eigenvalue weighted by molar-refractivity contribution is -0.119. The van der Waals surface area contributed by atoms with E-state index in [4.69, 9.17) is 37.4 Å². The molecule has 0 fully saturated rings. The van der Waals surface area contributed by atoms with Crippen LogP contribution in [0.3, 0.4) is 0 Å². The van der Waals surface area contributed by atoms with E-state index in [0.717, 1.165) is 26.9 Å². The molecule has 13 heteroatoms. The molecule has 0 spiro atoms. The van der Waals surface area contributed by atoms with Crippen molar-refractivity contribution in [3.05, 3.63) is 93.7 Å². The van der Waals surface area contributed by atoms with Crippen molar-refractivity contribution < 1.29 is 27.4 Å². The van der Waals surface area contributed by atoms with E-state index in [1.807, 2.05) is 24.5 Å². The highest BCUT2D eigenvalue weighted by Crippen LogP contribution is 2.33. The highest BCUT2D eigenvalue weighted by Gasteiger charge is 2.28. The maximum absolute atomic E-state index is 13.8. The predicted octanol–water partition coefficient (Wildman–Crippen LogP) is 5.77. The summed E-state index contributed by atoms with van der Waals surface area (Å²) in [5, 5.41) is 5.10. The second kappa shape index (κ2) is 13.4. The Kier molecular flexibility index (Phi) is 9.90. The minimum Gasteiger partial charge on any atom is -0.497 e. The molecule has 0 radical (unpaired) electrons. The van der Waals surface area contributed by atoms with Gasteiger partial charge >= 0.3 is 0 Å². The molecule has 0 bridgehead atoms. The van der Waals surface area contributed by atoms with Crippen molar-refractivity contribution >= 4 is 51.0 Å². The van der Waals surface area contributed by atoms with Crippen LogP contribution in [-0.2, 0) is 14.8 Å². The SMILES string of the molecule is COc1ccc(N(CC(=O)N/N=C/c2cc(C)n(-c3cc(Cl)cc(Cl)c3)c2C)S(=O)(=O)c2ccc(OC)c(OC)c2)cc1. The third-order valence-electron chi connectivity index (χ3n) is 6.56. The van der Waals surface area contributed by atoms with Gasteiger partial charge in [-0.15, -0.1) is 0 Å². The number of anilines is 1. The van der Waals surface area contributed by atoms with Crippen molar-refractivity contribution in [2.45, 2.75) is 18.7 Å². The third kappa shape index (κ3) is 7.07. The number of hydrogen-bond acceptors (Lipinski definition) is 7. The maximum atomic E-state index is 13.8. The van der Waals surface area contributed by atoms with Gasteiger partial charge in [-0.1, -0.05) is 23.2 Å². The quantitative estimate of drug-likeness (QED) is 0.164. The van der Waals surface area contributed by atoms with Crippen LogP contribution in [0.5, 0.6) is 17.2 Å². The van der Waals surface area contributed by atoms with Gasteiger partial charge < -0.3 is 18.8 Å². The Labute approximate surface area is 260 Å². The van der Waals surface area contributed by atoms with E-state index in [1.165, 1.54) is 45.7 Å². The number of hydrazone groups is 1. The zero-order valence-electron chi connectivity index (χ0n) is 24.1. The number of carbonyl (C=O) groups excluding carboxylic acids is 1. The Bertz CT molecular complexity index is 1750. The van der Waals surface area contributed by atoms with E-state index in [0.29, 0.717) is 21.5 Å². The Morgan fingerprint density at radius 2 is 1.56 bits per heavy atom. The van der Waals surface area contributed by atoms with Gasteiger partial charge in [0, 0.05) is 38.8 Å². The van der Waals surface area contributed by atoms with E-state index < -0.39 is 22.5 Å². The molecule has 3 aromatic carbocycles. The molecule has 4 aromatic rings. The molecule has 0 atom stereocenters. The van der Waals surface area contributed by atoms with Crippen molar-refractivity contribution in [2.75, 3.05) is 32.2 Å². The van der Waals surface area contributed by atoms with Crippen LogP contribution in [0.15, 0.2) is 76.7 Å². The fourth-order valence-electron chi connectivity index (χ4n) is 4.49. The number of rotatable bonds is 11. The topological polar surface area (TPSA) is 111 Å². The Hall–Kier alpha value is -4.19. The van der Waals surface area contributed by atoms with Gasteiger partial charge in [-0.2, -0.15) is 5.10 Å². The van der Waals surface area contributed by atoms with Crippen LogP contribution in [0.1, 0.15) is 17.0 Å². The molecule has 10 nitrogen and oxygen atoms in total. The van der Waals surface area contributed by atoms with Gasteiger partial charge in [-0.05, 0) is 74.5 Å². The summed E-state index contributed by atoms with van der Waals surface area (Å²) in [4.78, 5) is 13.0. The number of nitrogens with one attached hydrogen (secondary N) is 1. The lowest BCUT2D eigenvalue weighted by Gasteiger charge is -2.24. The molecule has 1 N–H and O–H groups in total. The zero-order chi connectivity index (χ0) is 31.3. The first-order chi connectivity index (χ1) is 20.5. The Morgan fingerprint density at radius 1 is 0.907 bits per heavy atom. The van der Waals surface area contributed by atoms with Crippen LogP contribution in [0.4, 0.5) is 5.69 Å². The number of amides is 1. The largest absolute Gasteiger partial charge is 0.497 e. The molecule has 0 saturated heterocycles. The van der Waals surface area contributed by atoms with Gasteiger partial charge in [-0.25, -0.2) is 13.8 Å². The average Bonchev–Trinajstić information content (AvgIpc) is 3.27. The number of nitrogens with zero attached hydrogens (tertiary/aromatic N) is 3. The zero-order valence-corrected chi connectivity index (χ0v) is 26.4. The number of benzene rings is 3. The number of carbonyl (C=O) groups is 1. The lowest BCUT2D eigenvalue weighted by Crippen LogP contribution is -2.39. The Morgan fingerprint density at radius 3 is 2.16 bits per heavy atom. The van der Waals surface area contributed by atoms with Crippen LogP contribution in [0.2, 0.25) is 10.0 Å². The second-order valence-electron chi connectivity index (χ2n) is 9.31. The van der Waals surface area contributed by atoms with Crippen molar-refractivity contribution in [3.63, 3.8) is 0 Å². The van der Waals surface area contributed by atoms with Gasteiger partial charge in [0.25, 0.3) is 15.9 Å². The molecule has 1 amide bonds. The summed E-state index contributed by atoms with van der Waals surface area (Å²) < 4.78 is 46.3. The minimum atomic E-state index is -4.23. The van der Waals surface area contributed by atoms with Gasteiger partial charge in [0.2, 0.25) is 0 Å². The second-order valence-corrected chi connectivity index (χ2v) is 12.0. The van der Waals surface area contributed by atoms with Gasteiger partial charge in [0.05, 0.1) is 38.1 Å². The number of halogens is 2. The molecule has 1 heterocycles. The average molecular weight is 646 g/mol. The van der Waals surface area contributed by atoms with Crippen molar-refractivity contribution in [1.82, 2.24) is 9.99 Å². The lowest BCUT2D eigenvalue weighted by atomic mass is 10.2. The predicted molar refractivity (Wildman–Crippen MR) is 168 cm³/mol. The van der Waals surface area contributed by atoms with Crippen LogP contribution in [0.25, 0.3) is 5.69 Å². The molecule has 0 aliphatic rings. The molecular weight excluding hydrogens is 615 g/mol. The number of sulfonamides is 1. The van der Waals surface area contributed by atoms with E-state index in [-0.39, 0.29) is 16.3 Å². The maximum Gasteiger partial charge on any atom is 0.264 e. The number of aromatic nitrogens is 1. The fraction of sp³-hybridized carbons (Fsp3) is 0.200. The molecule has 0 aliphatic heterocycles. The normalized spacial score (nSPS) is 11.4. The third-order valence-corrected chi connectivity index (χ3v) is 8.77. The molecular formula is C30H30Cl2N4O6S. The molecule has 0 aliphatic carbocycles. The van der Waals surface area contributed by atoms with Crippen LogP contribution in [0, 0.1) is 13.8 Å². The van der Waals surface area contributed by atoms with Crippen LogP contribution < -0.4 is 23.9 Å². The van der Waals surface area contributed by atoms with Crippen molar-refractivity contribution in [1.29, 1.82) is 0 Å². The van der Waals surface area contributed by atoms with Crippen molar-refractivity contribution in [3.8, 4) is 22.9 Å². The molecule has 4 rings (SSSR count). The monoisotopic (exact) mass is 644 g/mol. The molecule has 226 valence electrons. The number of hydrogen-bond donors (Lipinski definition) is 1.